The van der Waals surface area contributed by atoms with Crippen LogP contribution in [0.4, 0.5) is 17.6 Å². The largest absolute Gasteiger partial charge is 0.483 e. The molecule has 0 amide bonds. The molecule has 0 radical (unpaired) electrons. The lowest BCUT2D eigenvalue weighted by Gasteiger charge is -2.30. The van der Waals surface area contributed by atoms with Gasteiger partial charge in [-0.3, -0.25) is 9.89 Å². The molecule has 1 fully saturated rings. The molecule has 3 aromatic rings. The van der Waals surface area contributed by atoms with E-state index in [4.69, 9.17) is 9.90 Å². The molecular weight excluding hydrogens is 350 g/mol. The lowest BCUT2D eigenvalue weighted by Crippen LogP contribution is -2.38. The van der Waals surface area contributed by atoms with E-state index in [0.717, 1.165) is 41.9 Å². The van der Waals surface area contributed by atoms with Crippen LogP contribution in [-0.4, -0.2) is 61.0 Å². The Morgan fingerprint density at radius 3 is 2.93 bits per heavy atom. The topological polar surface area (TPSA) is 140 Å². The second-order valence-corrected chi connectivity index (χ2v) is 6.13. The van der Waals surface area contributed by atoms with Gasteiger partial charge in [-0.1, -0.05) is 0 Å². The number of anilines is 3. The van der Waals surface area contributed by atoms with Gasteiger partial charge >= 0.3 is 0 Å². The number of aromatic amines is 1. The number of aromatic nitrogens is 5. The number of rotatable bonds is 3. The minimum Gasteiger partial charge on any atom is -0.483 e. The number of hydrogen-bond acceptors (Lipinski definition) is 8. The zero-order chi connectivity index (χ0) is 19.2. The summed E-state index contributed by atoms with van der Waals surface area (Å²) in [5, 5.41) is 27.9. The normalized spacial score (nSPS) is 16.5. The number of nitrogens with one attached hydrogen (secondary N) is 2. The van der Waals surface area contributed by atoms with Gasteiger partial charge in [-0.15, -0.1) is 0 Å². The van der Waals surface area contributed by atoms with Gasteiger partial charge in [0.2, 0.25) is 5.95 Å². The van der Waals surface area contributed by atoms with Gasteiger partial charge in [0.1, 0.15) is 5.82 Å². The van der Waals surface area contributed by atoms with Crippen molar-refractivity contribution < 1.29 is 15.0 Å². The average Bonchev–Trinajstić information content (AvgIpc) is 3.04. The number of fused-ring (bicyclic) bond motifs is 1. The summed E-state index contributed by atoms with van der Waals surface area (Å²) in [6, 6.07) is 5.76. The molecule has 27 heavy (non-hydrogen) atoms. The first kappa shape index (κ1) is 18.5. The minimum atomic E-state index is -0.297. The fourth-order valence-corrected chi connectivity index (χ4v) is 2.95. The van der Waals surface area contributed by atoms with E-state index < -0.39 is 0 Å². The SMILES string of the molecule is Cc1ccc2c(Nc3nccc(N4CCCC(O)C4)n3)n[nH]c2n1.O=CO. The summed E-state index contributed by atoms with van der Waals surface area (Å²) in [5.41, 5.74) is 1.66. The van der Waals surface area contributed by atoms with Gasteiger partial charge in [-0.25, -0.2) is 9.97 Å². The van der Waals surface area contributed by atoms with Crippen LogP contribution in [0, 0.1) is 6.92 Å². The molecule has 1 atom stereocenters. The molecule has 0 aromatic carbocycles. The van der Waals surface area contributed by atoms with Crippen LogP contribution in [-0.2, 0) is 4.79 Å². The number of aliphatic hydroxyl groups is 1. The molecule has 0 spiro atoms. The van der Waals surface area contributed by atoms with Gasteiger partial charge in [0, 0.05) is 25.0 Å². The van der Waals surface area contributed by atoms with Crippen LogP contribution < -0.4 is 10.2 Å². The number of aryl methyl sites for hydroxylation is 1. The maximum absolute atomic E-state index is 9.84. The van der Waals surface area contributed by atoms with Crippen molar-refractivity contribution in [3.05, 3.63) is 30.1 Å². The number of hydrogen-bond donors (Lipinski definition) is 4. The Morgan fingerprint density at radius 1 is 1.33 bits per heavy atom. The maximum Gasteiger partial charge on any atom is 0.290 e. The van der Waals surface area contributed by atoms with E-state index in [0.29, 0.717) is 18.3 Å². The molecule has 0 bridgehead atoms. The van der Waals surface area contributed by atoms with Crippen molar-refractivity contribution in [2.45, 2.75) is 25.9 Å². The molecule has 10 nitrogen and oxygen atoms in total. The van der Waals surface area contributed by atoms with E-state index in [9.17, 15) is 5.11 Å². The molecular formula is C17H21N7O3. The fraction of sp³-hybridized carbons (Fsp3) is 0.353. The Bertz CT molecular complexity index is 914. The minimum absolute atomic E-state index is 0.250. The van der Waals surface area contributed by atoms with Crippen molar-refractivity contribution >= 4 is 35.1 Å². The Kier molecular flexibility index (Phi) is 5.77. The number of aliphatic hydroxyl groups excluding tert-OH is 1. The van der Waals surface area contributed by atoms with E-state index in [2.05, 4.69) is 35.4 Å². The molecule has 10 heteroatoms. The molecule has 1 saturated heterocycles. The van der Waals surface area contributed by atoms with Gasteiger partial charge in [0.05, 0.1) is 11.5 Å². The number of piperidine rings is 1. The first-order chi connectivity index (χ1) is 13.1. The Labute approximate surface area is 155 Å². The highest BCUT2D eigenvalue weighted by Gasteiger charge is 2.19. The Balaban J connectivity index is 0.000000659. The second kappa shape index (κ2) is 8.41. The van der Waals surface area contributed by atoms with Crippen molar-refractivity contribution in [1.29, 1.82) is 0 Å². The van der Waals surface area contributed by atoms with E-state index in [1.54, 1.807) is 6.20 Å². The highest BCUT2D eigenvalue weighted by molar-refractivity contribution is 5.88. The number of carboxylic acid groups (broad SMARTS) is 1. The number of nitrogens with zero attached hydrogens (tertiary/aromatic N) is 5. The fourth-order valence-electron chi connectivity index (χ4n) is 2.95. The van der Waals surface area contributed by atoms with Crippen LogP contribution >= 0.6 is 0 Å². The highest BCUT2D eigenvalue weighted by Crippen LogP contribution is 2.23. The number of H-pyrrole nitrogens is 1. The lowest BCUT2D eigenvalue weighted by atomic mass is 10.1. The average molecular weight is 371 g/mol. The summed E-state index contributed by atoms with van der Waals surface area (Å²) >= 11 is 0. The summed E-state index contributed by atoms with van der Waals surface area (Å²) in [5.74, 6) is 1.93. The predicted molar refractivity (Wildman–Crippen MR) is 100 cm³/mol. The summed E-state index contributed by atoms with van der Waals surface area (Å²) in [6.07, 6.45) is 3.22. The van der Waals surface area contributed by atoms with Crippen LogP contribution in [0.2, 0.25) is 0 Å². The van der Waals surface area contributed by atoms with Gasteiger partial charge in [0.15, 0.2) is 11.5 Å². The summed E-state index contributed by atoms with van der Waals surface area (Å²) in [4.78, 5) is 23.7. The monoisotopic (exact) mass is 371 g/mol. The quantitative estimate of drug-likeness (QED) is 0.504. The molecule has 4 N–H and O–H groups in total. The number of pyridine rings is 1. The maximum atomic E-state index is 9.84. The smallest absolute Gasteiger partial charge is 0.290 e. The summed E-state index contributed by atoms with van der Waals surface area (Å²) < 4.78 is 0. The van der Waals surface area contributed by atoms with Crippen molar-refractivity contribution in [2.75, 3.05) is 23.3 Å². The third-order valence-corrected chi connectivity index (χ3v) is 4.15. The van der Waals surface area contributed by atoms with Crippen LogP contribution in [0.3, 0.4) is 0 Å². The standard InChI is InChI=1S/C16H19N7O.CH2O2/c1-10-4-5-12-14(18-10)21-22-15(12)20-16-17-7-6-13(19-16)23-8-2-3-11(24)9-23;2-1-3/h4-7,11,24H,2-3,8-9H2,1H3,(H2,17,18,19,20,21,22);1H,(H,2,3). The molecule has 4 rings (SSSR count). The van der Waals surface area contributed by atoms with Gasteiger partial charge in [-0.2, -0.15) is 10.1 Å². The van der Waals surface area contributed by atoms with Crippen LogP contribution in [0.5, 0.6) is 0 Å². The zero-order valence-electron chi connectivity index (χ0n) is 14.8. The van der Waals surface area contributed by atoms with Crippen LogP contribution in [0.1, 0.15) is 18.5 Å². The van der Waals surface area contributed by atoms with E-state index in [-0.39, 0.29) is 12.6 Å². The Morgan fingerprint density at radius 2 is 2.15 bits per heavy atom. The molecule has 1 aliphatic heterocycles. The first-order valence-electron chi connectivity index (χ1n) is 8.53. The molecule has 0 saturated carbocycles. The molecule has 0 aliphatic carbocycles. The van der Waals surface area contributed by atoms with Gasteiger partial charge in [0.25, 0.3) is 6.47 Å². The number of carbonyl (C=O) groups is 1. The summed E-state index contributed by atoms with van der Waals surface area (Å²) in [7, 11) is 0. The van der Waals surface area contributed by atoms with Gasteiger partial charge in [-0.05, 0) is 38.0 Å². The van der Waals surface area contributed by atoms with Crippen molar-refractivity contribution in [1.82, 2.24) is 25.1 Å². The summed E-state index contributed by atoms with van der Waals surface area (Å²) in [6.45, 7) is 3.18. The van der Waals surface area contributed by atoms with Crippen LogP contribution in [0.25, 0.3) is 11.0 Å². The molecule has 4 heterocycles. The molecule has 1 aliphatic rings. The van der Waals surface area contributed by atoms with Crippen molar-refractivity contribution in [3.8, 4) is 0 Å². The van der Waals surface area contributed by atoms with Crippen LogP contribution in [0.15, 0.2) is 24.4 Å². The highest BCUT2D eigenvalue weighted by atomic mass is 16.3. The third kappa shape index (κ3) is 4.47. The third-order valence-electron chi connectivity index (χ3n) is 4.15. The first-order valence-corrected chi connectivity index (χ1v) is 8.53. The van der Waals surface area contributed by atoms with E-state index >= 15 is 0 Å². The lowest BCUT2D eigenvalue weighted by molar-refractivity contribution is -0.122. The molecule has 142 valence electrons. The van der Waals surface area contributed by atoms with E-state index in [1.165, 1.54) is 0 Å². The van der Waals surface area contributed by atoms with E-state index in [1.807, 2.05) is 25.1 Å². The Hall–Kier alpha value is -3.27. The van der Waals surface area contributed by atoms with Crippen molar-refractivity contribution in [3.63, 3.8) is 0 Å². The predicted octanol–water partition coefficient (Wildman–Crippen LogP) is 1.46. The van der Waals surface area contributed by atoms with Gasteiger partial charge < -0.3 is 20.4 Å². The second-order valence-electron chi connectivity index (χ2n) is 6.13. The van der Waals surface area contributed by atoms with Crippen molar-refractivity contribution in [2.24, 2.45) is 0 Å². The molecule has 3 aromatic heterocycles. The number of β-amino-alcohol motifs (C(OH)–C–C–N with tert-alkyl or cyclic N) is 1. The molecule has 1 unspecified atom stereocenters. The zero-order valence-corrected chi connectivity index (χ0v) is 14.8.